The van der Waals surface area contributed by atoms with Crippen molar-refractivity contribution >= 4 is 37.3 Å². The van der Waals surface area contributed by atoms with Gasteiger partial charge in [0.2, 0.25) is 14.2 Å². The zero-order valence-electron chi connectivity index (χ0n) is 11.9. The first-order valence-electron chi connectivity index (χ1n) is 6.72. The van der Waals surface area contributed by atoms with Gasteiger partial charge in [-0.3, -0.25) is 0 Å². The number of nitrogens with zero attached hydrogens (tertiary/aromatic N) is 4. The van der Waals surface area contributed by atoms with Gasteiger partial charge in [0.15, 0.2) is 11.5 Å². The van der Waals surface area contributed by atoms with E-state index in [1.54, 1.807) is 13.8 Å². The molecule has 0 atom stereocenters. The molecule has 0 unspecified atom stereocenters. The minimum atomic E-state index is -3.32. The van der Waals surface area contributed by atoms with Crippen LogP contribution in [0.25, 0.3) is 10.3 Å². The van der Waals surface area contributed by atoms with Crippen molar-refractivity contribution in [2.75, 3.05) is 37.0 Å². The molecule has 0 spiro atoms. The monoisotopic (exact) mass is 328 g/mol. The lowest BCUT2D eigenvalue weighted by atomic mass is 10.4. The van der Waals surface area contributed by atoms with Gasteiger partial charge in [0.05, 0.1) is 19.0 Å². The van der Waals surface area contributed by atoms with Crippen LogP contribution in [-0.4, -0.2) is 55.4 Å². The Balaban J connectivity index is 2.15. The van der Waals surface area contributed by atoms with Crippen molar-refractivity contribution in [2.24, 2.45) is 0 Å². The lowest BCUT2D eigenvalue weighted by molar-refractivity contribution is 0.122. The van der Waals surface area contributed by atoms with Crippen molar-refractivity contribution in [1.29, 1.82) is 0 Å². The van der Waals surface area contributed by atoms with Crippen LogP contribution in [0, 0.1) is 6.92 Å². The predicted octanol–water partition coefficient (Wildman–Crippen LogP) is 1.02. The van der Waals surface area contributed by atoms with Gasteiger partial charge in [-0.1, -0.05) is 18.3 Å². The number of hydrogen-bond acceptors (Lipinski definition) is 8. The highest BCUT2D eigenvalue weighted by atomic mass is 32.2. The Morgan fingerprint density at radius 1 is 1.24 bits per heavy atom. The number of sulfone groups is 1. The van der Waals surface area contributed by atoms with Gasteiger partial charge in [0, 0.05) is 13.1 Å². The van der Waals surface area contributed by atoms with Gasteiger partial charge in [0.25, 0.3) is 0 Å². The number of thiazole rings is 1. The molecular weight excluding hydrogens is 312 g/mol. The summed E-state index contributed by atoms with van der Waals surface area (Å²) in [5.74, 6) is 1.39. The van der Waals surface area contributed by atoms with Crippen LogP contribution in [0.2, 0.25) is 0 Å². The number of aryl methyl sites for hydroxylation is 1. The molecule has 3 rings (SSSR count). The van der Waals surface area contributed by atoms with Gasteiger partial charge in [-0.25, -0.2) is 23.4 Å². The van der Waals surface area contributed by atoms with E-state index in [9.17, 15) is 8.42 Å². The fraction of sp³-hybridized carbons (Fsp3) is 0.583. The van der Waals surface area contributed by atoms with E-state index in [0.717, 1.165) is 34.9 Å². The average molecular weight is 328 g/mol. The molecule has 0 N–H and O–H groups in total. The molecule has 0 radical (unpaired) electrons. The molecule has 0 bridgehead atoms. The summed E-state index contributed by atoms with van der Waals surface area (Å²) in [6.45, 7) is 6.16. The van der Waals surface area contributed by atoms with Crippen LogP contribution in [0.15, 0.2) is 4.34 Å². The minimum Gasteiger partial charge on any atom is -0.378 e. The number of rotatable bonds is 3. The van der Waals surface area contributed by atoms with Crippen molar-refractivity contribution in [3.05, 3.63) is 5.82 Å². The molecule has 21 heavy (non-hydrogen) atoms. The second-order valence-electron chi connectivity index (χ2n) is 4.73. The first kappa shape index (κ1) is 14.6. The molecule has 1 saturated heterocycles. The van der Waals surface area contributed by atoms with Crippen LogP contribution in [0.4, 0.5) is 5.82 Å². The summed E-state index contributed by atoms with van der Waals surface area (Å²) in [6.07, 6.45) is 0. The van der Waals surface area contributed by atoms with Crippen LogP contribution in [0.3, 0.4) is 0 Å². The smallest absolute Gasteiger partial charge is 0.212 e. The maximum Gasteiger partial charge on any atom is 0.212 e. The van der Waals surface area contributed by atoms with E-state index in [4.69, 9.17) is 4.74 Å². The van der Waals surface area contributed by atoms with E-state index in [0.29, 0.717) is 24.7 Å². The molecule has 3 heterocycles. The van der Waals surface area contributed by atoms with Crippen molar-refractivity contribution in [3.63, 3.8) is 0 Å². The predicted molar refractivity (Wildman–Crippen MR) is 80.7 cm³/mol. The molecule has 0 aromatic carbocycles. The molecule has 1 aliphatic heterocycles. The summed E-state index contributed by atoms with van der Waals surface area (Å²) in [5.41, 5.74) is 0.459. The van der Waals surface area contributed by atoms with Gasteiger partial charge >= 0.3 is 0 Å². The molecule has 9 heteroatoms. The van der Waals surface area contributed by atoms with Gasteiger partial charge in [-0.2, -0.15) is 0 Å². The van der Waals surface area contributed by atoms with E-state index in [2.05, 4.69) is 19.9 Å². The van der Waals surface area contributed by atoms with Crippen molar-refractivity contribution in [2.45, 2.75) is 18.2 Å². The third-order valence-corrected chi connectivity index (χ3v) is 6.52. The van der Waals surface area contributed by atoms with E-state index in [-0.39, 0.29) is 10.1 Å². The largest absolute Gasteiger partial charge is 0.378 e. The number of hydrogen-bond donors (Lipinski definition) is 0. The van der Waals surface area contributed by atoms with Crippen LogP contribution < -0.4 is 4.90 Å². The minimum absolute atomic E-state index is 0.0338. The van der Waals surface area contributed by atoms with Crippen LogP contribution in [0.5, 0.6) is 0 Å². The summed E-state index contributed by atoms with van der Waals surface area (Å²) in [6, 6.07) is 0. The Labute approximate surface area is 126 Å². The van der Waals surface area contributed by atoms with Crippen molar-refractivity contribution in [3.8, 4) is 0 Å². The van der Waals surface area contributed by atoms with Crippen LogP contribution in [-0.2, 0) is 14.6 Å². The maximum absolute atomic E-state index is 12.0. The third kappa shape index (κ3) is 2.72. The van der Waals surface area contributed by atoms with Gasteiger partial charge in [-0.05, 0) is 6.92 Å². The molecule has 2 aromatic rings. The number of ether oxygens (including phenoxy) is 1. The van der Waals surface area contributed by atoms with Crippen LogP contribution >= 0.6 is 11.3 Å². The standard InChI is InChI=1S/C12H16N4O3S2/c1-3-21(17,18)12-15-10-9(20-12)11(14-8(2)13-10)16-4-6-19-7-5-16/h3-7H2,1-2H3. The lowest BCUT2D eigenvalue weighted by Crippen LogP contribution is -2.37. The fourth-order valence-corrected chi connectivity index (χ4v) is 4.48. The van der Waals surface area contributed by atoms with E-state index in [1.165, 1.54) is 0 Å². The second-order valence-corrected chi connectivity index (χ2v) is 8.18. The highest BCUT2D eigenvalue weighted by Gasteiger charge is 2.23. The summed E-state index contributed by atoms with van der Waals surface area (Å²) in [5, 5.41) is 0. The Morgan fingerprint density at radius 3 is 2.62 bits per heavy atom. The molecule has 2 aromatic heterocycles. The second kappa shape index (κ2) is 5.47. The Bertz CT molecular complexity index is 766. The molecule has 114 valence electrons. The van der Waals surface area contributed by atoms with Gasteiger partial charge in [0.1, 0.15) is 10.5 Å². The molecule has 1 fully saturated rings. The normalized spacial score (nSPS) is 16.6. The first-order chi connectivity index (χ1) is 10.0. The van der Waals surface area contributed by atoms with E-state index >= 15 is 0 Å². The number of fused-ring (bicyclic) bond motifs is 1. The Morgan fingerprint density at radius 2 is 1.95 bits per heavy atom. The Hall–Kier alpha value is -1.32. The molecule has 7 nitrogen and oxygen atoms in total. The van der Waals surface area contributed by atoms with E-state index < -0.39 is 9.84 Å². The van der Waals surface area contributed by atoms with Crippen LogP contribution in [0.1, 0.15) is 12.7 Å². The third-order valence-electron chi connectivity index (χ3n) is 3.28. The van der Waals surface area contributed by atoms with Crippen molar-refractivity contribution < 1.29 is 13.2 Å². The average Bonchev–Trinajstić information content (AvgIpc) is 2.92. The molecule has 0 amide bonds. The highest BCUT2D eigenvalue weighted by molar-refractivity contribution is 7.93. The SMILES string of the molecule is CCS(=O)(=O)c1nc2nc(C)nc(N3CCOCC3)c2s1. The Kier molecular flexibility index (Phi) is 3.80. The van der Waals surface area contributed by atoms with Gasteiger partial charge in [-0.15, -0.1) is 0 Å². The summed E-state index contributed by atoms with van der Waals surface area (Å²) < 4.78 is 30.2. The maximum atomic E-state index is 12.0. The van der Waals surface area contributed by atoms with Gasteiger partial charge < -0.3 is 9.64 Å². The molecule has 0 aliphatic carbocycles. The molecule has 0 saturated carbocycles. The summed E-state index contributed by atoms with van der Waals surface area (Å²) in [7, 11) is -3.32. The zero-order chi connectivity index (χ0) is 15.0. The molecular formula is C12H16N4O3S2. The number of anilines is 1. The number of aromatic nitrogens is 3. The summed E-state index contributed by atoms with van der Waals surface area (Å²) in [4.78, 5) is 15.0. The fourth-order valence-electron chi connectivity index (χ4n) is 2.14. The number of morpholine rings is 1. The molecule has 1 aliphatic rings. The zero-order valence-corrected chi connectivity index (χ0v) is 13.5. The summed E-state index contributed by atoms with van der Waals surface area (Å²) >= 11 is 1.15. The lowest BCUT2D eigenvalue weighted by Gasteiger charge is -2.28. The first-order valence-corrected chi connectivity index (χ1v) is 9.19. The topological polar surface area (TPSA) is 85.3 Å². The highest BCUT2D eigenvalue weighted by Crippen LogP contribution is 2.32. The quantitative estimate of drug-likeness (QED) is 0.831. The van der Waals surface area contributed by atoms with E-state index in [1.807, 2.05) is 0 Å². The van der Waals surface area contributed by atoms with Crippen molar-refractivity contribution in [1.82, 2.24) is 15.0 Å².